The number of fused-ring (bicyclic) bond motifs is 5. The summed E-state index contributed by atoms with van der Waals surface area (Å²) < 4.78 is 0. The van der Waals surface area contributed by atoms with Crippen molar-refractivity contribution in [1.29, 1.82) is 0 Å². The van der Waals surface area contributed by atoms with Crippen molar-refractivity contribution in [2.75, 3.05) is 0 Å². The molecule has 30 heavy (non-hydrogen) atoms. The van der Waals surface area contributed by atoms with Gasteiger partial charge < -0.3 is 0 Å². The molecule has 4 aliphatic carbocycles. The van der Waals surface area contributed by atoms with Crippen molar-refractivity contribution in [3.63, 3.8) is 0 Å². The molecule has 0 N–H and O–H groups in total. The van der Waals surface area contributed by atoms with Crippen LogP contribution in [0.5, 0.6) is 0 Å². The molecule has 0 unspecified atom stereocenters. The number of allylic oxidation sites excluding steroid dienone is 2. The molecule has 0 aromatic carbocycles. The van der Waals surface area contributed by atoms with Gasteiger partial charge in [0.1, 0.15) is 5.78 Å². The number of carbonyl (C=O) groups is 1. The Morgan fingerprint density at radius 3 is 2.50 bits per heavy atom. The third-order valence-electron chi connectivity index (χ3n) is 11.2. The second-order valence-electron chi connectivity index (χ2n) is 12.7. The molecular formula is C29H48O. The van der Waals surface area contributed by atoms with Crippen molar-refractivity contribution in [3.05, 3.63) is 11.6 Å². The lowest BCUT2D eigenvalue weighted by Gasteiger charge is -2.58. The van der Waals surface area contributed by atoms with E-state index in [2.05, 4.69) is 47.6 Å². The predicted octanol–water partition coefficient (Wildman–Crippen LogP) is 8.23. The Hall–Kier alpha value is -0.590. The molecule has 170 valence electrons. The van der Waals surface area contributed by atoms with Crippen LogP contribution in [-0.2, 0) is 4.79 Å². The van der Waals surface area contributed by atoms with Crippen molar-refractivity contribution in [3.8, 4) is 0 Å². The van der Waals surface area contributed by atoms with Crippen LogP contribution in [0.15, 0.2) is 11.6 Å². The summed E-state index contributed by atoms with van der Waals surface area (Å²) in [5, 5.41) is 0. The first-order valence-electron chi connectivity index (χ1n) is 13.4. The Labute approximate surface area is 186 Å². The molecule has 4 rings (SSSR count). The first-order chi connectivity index (χ1) is 14.2. The molecule has 0 heterocycles. The molecule has 8 atom stereocenters. The van der Waals surface area contributed by atoms with Gasteiger partial charge in [-0.15, -0.1) is 0 Å². The van der Waals surface area contributed by atoms with Crippen LogP contribution in [0.3, 0.4) is 0 Å². The average Bonchev–Trinajstić information content (AvgIpc) is 3.06. The summed E-state index contributed by atoms with van der Waals surface area (Å²) in [6, 6.07) is 0. The maximum atomic E-state index is 12.1. The summed E-state index contributed by atoms with van der Waals surface area (Å²) in [4.78, 5) is 12.1. The molecule has 0 amide bonds. The van der Waals surface area contributed by atoms with Crippen LogP contribution < -0.4 is 0 Å². The predicted molar refractivity (Wildman–Crippen MR) is 127 cm³/mol. The van der Waals surface area contributed by atoms with E-state index in [9.17, 15) is 4.79 Å². The van der Waals surface area contributed by atoms with Crippen LogP contribution >= 0.6 is 0 Å². The molecule has 1 nitrogen and oxygen atoms in total. The van der Waals surface area contributed by atoms with E-state index in [0.717, 1.165) is 60.7 Å². The van der Waals surface area contributed by atoms with Crippen molar-refractivity contribution < 1.29 is 4.79 Å². The zero-order valence-corrected chi connectivity index (χ0v) is 20.8. The lowest BCUT2D eigenvalue weighted by Crippen LogP contribution is -2.50. The number of Topliss-reactive ketones (excluding diaryl/α,β-unsaturated/α-hetero) is 1. The fraction of sp³-hybridized carbons (Fsp3) is 0.897. The fourth-order valence-electron chi connectivity index (χ4n) is 9.14. The molecule has 3 saturated carbocycles. The quantitative estimate of drug-likeness (QED) is 0.401. The molecule has 0 aromatic heterocycles. The first-order valence-corrected chi connectivity index (χ1v) is 13.4. The van der Waals surface area contributed by atoms with Gasteiger partial charge in [0, 0.05) is 12.8 Å². The van der Waals surface area contributed by atoms with Crippen molar-refractivity contribution in [2.24, 2.45) is 52.3 Å². The van der Waals surface area contributed by atoms with E-state index >= 15 is 0 Å². The molecule has 3 fully saturated rings. The number of carbonyl (C=O) groups excluding carboxylic acids is 1. The van der Waals surface area contributed by atoms with Gasteiger partial charge in [-0.25, -0.2) is 0 Å². The maximum Gasteiger partial charge on any atom is 0.136 e. The van der Waals surface area contributed by atoms with E-state index in [0.29, 0.717) is 16.6 Å². The van der Waals surface area contributed by atoms with Crippen molar-refractivity contribution in [2.45, 2.75) is 112 Å². The maximum absolute atomic E-state index is 12.1. The summed E-state index contributed by atoms with van der Waals surface area (Å²) in [5.74, 6) is 6.66. The Balaban J connectivity index is 1.48. The number of ketones is 1. The third kappa shape index (κ3) is 3.65. The molecule has 0 saturated heterocycles. The number of rotatable bonds is 6. The van der Waals surface area contributed by atoms with Crippen LogP contribution in [0.1, 0.15) is 112 Å². The normalized spacial score (nSPS) is 42.9. The molecule has 1 heteroatoms. The molecule has 0 aromatic rings. The largest absolute Gasteiger partial charge is 0.299 e. The molecular weight excluding hydrogens is 364 g/mol. The Morgan fingerprint density at radius 1 is 1.03 bits per heavy atom. The SMILES string of the molecule is CC[C@H](CC[C@@H](C)[C@@H]1CC[C@H]2[C@@H]3CC=C4CC(=O)CC[C@]4(C)[C@H]3CC[C@@]21C)C(C)C. The lowest BCUT2D eigenvalue weighted by atomic mass is 9.47. The van der Waals surface area contributed by atoms with Gasteiger partial charge >= 0.3 is 0 Å². The second-order valence-corrected chi connectivity index (χ2v) is 12.7. The average molecular weight is 413 g/mol. The summed E-state index contributed by atoms with van der Waals surface area (Å²) in [6.45, 7) is 15.0. The summed E-state index contributed by atoms with van der Waals surface area (Å²) in [5.41, 5.74) is 2.41. The van der Waals surface area contributed by atoms with E-state index in [-0.39, 0.29) is 0 Å². The van der Waals surface area contributed by atoms with E-state index in [1.807, 2.05) is 0 Å². The Morgan fingerprint density at radius 2 is 1.80 bits per heavy atom. The van der Waals surface area contributed by atoms with E-state index in [1.54, 1.807) is 0 Å². The molecule has 0 spiro atoms. The van der Waals surface area contributed by atoms with Gasteiger partial charge in [0.2, 0.25) is 0 Å². The van der Waals surface area contributed by atoms with Gasteiger partial charge in [-0.3, -0.25) is 4.79 Å². The molecule has 4 aliphatic rings. The van der Waals surface area contributed by atoms with Crippen molar-refractivity contribution in [1.82, 2.24) is 0 Å². The van der Waals surface area contributed by atoms with E-state index < -0.39 is 0 Å². The summed E-state index contributed by atoms with van der Waals surface area (Å²) in [7, 11) is 0. The molecule has 0 bridgehead atoms. The lowest BCUT2D eigenvalue weighted by molar-refractivity contribution is -0.122. The van der Waals surface area contributed by atoms with E-state index in [4.69, 9.17) is 0 Å². The van der Waals surface area contributed by atoms with Crippen LogP contribution in [0.25, 0.3) is 0 Å². The van der Waals surface area contributed by atoms with Gasteiger partial charge in [0.05, 0.1) is 0 Å². The fourth-order valence-corrected chi connectivity index (χ4v) is 9.14. The van der Waals surface area contributed by atoms with Gasteiger partial charge in [-0.05, 0) is 97.2 Å². The van der Waals surface area contributed by atoms with Crippen LogP contribution in [0, 0.1) is 52.3 Å². The van der Waals surface area contributed by atoms with Crippen LogP contribution in [0.4, 0.5) is 0 Å². The topological polar surface area (TPSA) is 17.1 Å². The number of hydrogen-bond donors (Lipinski definition) is 0. The van der Waals surface area contributed by atoms with Crippen molar-refractivity contribution >= 4 is 5.78 Å². The van der Waals surface area contributed by atoms with Gasteiger partial charge in [0.25, 0.3) is 0 Å². The van der Waals surface area contributed by atoms with Crippen LogP contribution in [0.2, 0.25) is 0 Å². The zero-order valence-electron chi connectivity index (χ0n) is 20.8. The van der Waals surface area contributed by atoms with E-state index in [1.165, 1.54) is 56.9 Å². The minimum atomic E-state index is 0.327. The number of hydrogen-bond acceptors (Lipinski definition) is 1. The zero-order chi connectivity index (χ0) is 21.7. The molecule has 0 radical (unpaired) electrons. The highest BCUT2D eigenvalue weighted by atomic mass is 16.1. The highest BCUT2D eigenvalue weighted by molar-refractivity contribution is 5.82. The third-order valence-corrected chi connectivity index (χ3v) is 11.2. The Kier molecular flexibility index (Phi) is 6.33. The molecule has 0 aliphatic heterocycles. The van der Waals surface area contributed by atoms with Gasteiger partial charge in [-0.1, -0.05) is 66.0 Å². The Bertz CT molecular complexity index is 674. The standard InChI is InChI=1S/C29H48O/c1-7-21(19(2)3)9-8-20(4)25-12-13-26-24-11-10-22-18-23(30)14-16-28(22,5)27(24)15-17-29(25,26)6/h10,19-21,24-27H,7-9,11-18H2,1-6H3/t20-,21-,24+,25+,26+,27+,28+,29-/m1/s1. The van der Waals surface area contributed by atoms with Gasteiger partial charge in [0.15, 0.2) is 0 Å². The van der Waals surface area contributed by atoms with Gasteiger partial charge in [-0.2, -0.15) is 0 Å². The minimum Gasteiger partial charge on any atom is -0.299 e. The second kappa shape index (κ2) is 8.40. The smallest absolute Gasteiger partial charge is 0.136 e. The summed E-state index contributed by atoms with van der Waals surface area (Å²) >= 11 is 0. The highest BCUT2D eigenvalue weighted by Gasteiger charge is 2.59. The minimum absolute atomic E-state index is 0.327. The summed E-state index contributed by atoms with van der Waals surface area (Å²) in [6.07, 6.45) is 16.5. The first kappa shape index (κ1) is 22.6. The monoisotopic (exact) mass is 412 g/mol. The van der Waals surface area contributed by atoms with Crippen LogP contribution in [-0.4, -0.2) is 5.78 Å². The highest BCUT2D eigenvalue weighted by Crippen LogP contribution is 2.67.